The van der Waals surface area contributed by atoms with Gasteiger partial charge in [-0.1, -0.05) is 0 Å². The molecule has 1 fully saturated rings. The van der Waals surface area contributed by atoms with Gasteiger partial charge in [0.1, 0.15) is 6.54 Å². The van der Waals surface area contributed by atoms with Crippen LogP contribution in [0.5, 0.6) is 0 Å². The summed E-state index contributed by atoms with van der Waals surface area (Å²) in [7, 11) is 1.63. The Morgan fingerprint density at radius 2 is 2.20 bits per heavy atom. The number of hydrogen-bond donors (Lipinski definition) is 1. The van der Waals surface area contributed by atoms with Crippen LogP contribution in [-0.4, -0.2) is 82.5 Å². The zero-order valence-electron chi connectivity index (χ0n) is 13.6. The summed E-state index contributed by atoms with van der Waals surface area (Å²) >= 11 is 0. The molecular weight excluding hydrogens is 345 g/mol. The number of ether oxygens (including phenoxy) is 1. The zero-order chi connectivity index (χ0) is 18.6. The van der Waals surface area contributed by atoms with Crippen LogP contribution in [0.15, 0.2) is 12.3 Å². The minimum atomic E-state index is -4.55. The summed E-state index contributed by atoms with van der Waals surface area (Å²) < 4.78 is 44.0. The summed E-state index contributed by atoms with van der Waals surface area (Å²) in [5.41, 5.74) is -1.05. The molecule has 0 spiro atoms. The second kappa shape index (κ2) is 7.83. The SMILES string of the molecule is CN(CC(=O)O)CC1CN(C(=O)Cn2ccc(C(F)(F)F)n2)CCO1. The van der Waals surface area contributed by atoms with Crippen molar-refractivity contribution in [3.05, 3.63) is 18.0 Å². The number of amides is 1. The normalized spacial score (nSPS) is 18.6. The lowest BCUT2D eigenvalue weighted by Gasteiger charge is -2.34. The van der Waals surface area contributed by atoms with Crippen molar-refractivity contribution in [3.63, 3.8) is 0 Å². The highest BCUT2D eigenvalue weighted by atomic mass is 19.4. The van der Waals surface area contributed by atoms with Gasteiger partial charge >= 0.3 is 12.1 Å². The molecule has 0 aliphatic carbocycles. The van der Waals surface area contributed by atoms with E-state index in [1.54, 1.807) is 11.9 Å². The van der Waals surface area contributed by atoms with Crippen LogP contribution in [0, 0.1) is 0 Å². The van der Waals surface area contributed by atoms with Gasteiger partial charge in [-0.2, -0.15) is 18.3 Å². The number of likely N-dealkylation sites (N-methyl/N-ethyl adjacent to an activating group) is 1. The smallest absolute Gasteiger partial charge is 0.435 e. The first-order chi connectivity index (χ1) is 11.6. The number of halogens is 3. The van der Waals surface area contributed by atoms with Crippen LogP contribution in [0.3, 0.4) is 0 Å². The molecule has 2 rings (SSSR count). The van der Waals surface area contributed by atoms with E-state index in [0.29, 0.717) is 13.1 Å². The molecular formula is C14H19F3N4O4. The standard InChI is InChI=1S/C14H19F3N4O4/c1-19(9-13(23)24)6-10-7-20(4-5-25-10)12(22)8-21-3-2-11(18-21)14(15,16)17/h2-3,10H,4-9H2,1H3,(H,23,24). The van der Waals surface area contributed by atoms with Gasteiger partial charge in [0.25, 0.3) is 0 Å². The molecule has 8 nitrogen and oxygen atoms in total. The first-order valence-electron chi connectivity index (χ1n) is 7.55. The van der Waals surface area contributed by atoms with E-state index in [2.05, 4.69) is 5.10 Å². The van der Waals surface area contributed by atoms with E-state index in [1.807, 2.05) is 0 Å². The van der Waals surface area contributed by atoms with Gasteiger partial charge in [-0.05, 0) is 13.1 Å². The third-order valence-corrected chi connectivity index (χ3v) is 3.64. The Morgan fingerprint density at radius 1 is 1.48 bits per heavy atom. The topological polar surface area (TPSA) is 87.9 Å². The van der Waals surface area contributed by atoms with Crippen molar-refractivity contribution in [2.24, 2.45) is 0 Å². The lowest BCUT2D eigenvalue weighted by Crippen LogP contribution is -2.50. The molecule has 1 aromatic rings. The predicted octanol–water partition coefficient (Wildman–Crippen LogP) is 0.146. The fourth-order valence-electron chi connectivity index (χ4n) is 2.54. The van der Waals surface area contributed by atoms with Gasteiger partial charge in [-0.15, -0.1) is 0 Å². The highest BCUT2D eigenvalue weighted by Gasteiger charge is 2.34. The maximum atomic E-state index is 12.5. The summed E-state index contributed by atoms with van der Waals surface area (Å²) in [6.45, 7) is 0.733. The summed E-state index contributed by atoms with van der Waals surface area (Å²) in [4.78, 5) is 26.0. The van der Waals surface area contributed by atoms with Crippen LogP contribution in [0.1, 0.15) is 5.69 Å². The average Bonchev–Trinajstić information content (AvgIpc) is 2.95. The molecule has 1 saturated heterocycles. The Kier molecular flexibility index (Phi) is 6.01. The quantitative estimate of drug-likeness (QED) is 0.773. The molecule has 1 atom stereocenters. The highest BCUT2D eigenvalue weighted by molar-refractivity contribution is 5.76. The van der Waals surface area contributed by atoms with Gasteiger partial charge in [-0.25, -0.2) is 0 Å². The number of hydrogen-bond acceptors (Lipinski definition) is 5. The Morgan fingerprint density at radius 3 is 2.80 bits per heavy atom. The second-order valence-corrected chi connectivity index (χ2v) is 5.82. The fourth-order valence-corrected chi connectivity index (χ4v) is 2.54. The Balaban J connectivity index is 1.89. The first-order valence-corrected chi connectivity index (χ1v) is 7.55. The van der Waals surface area contributed by atoms with Crippen LogP contribution >= 0.6 is 0 Å². The lowest BCUT2D eigenvalue weighted by molar-refractivity contribution is -0.144. The summed E-state index contributed by atoms with van der Waals surface area (Å²) in [6.07, 6.45) is -3.79. The summed E-state index contributed by atoms with van der Waals surface area (Å²) in [6, 6.07) is 0.816. The second-order valence-electron chi connectivity index (χ2n) is 5.82. The van der Waals surface area contributed by atoms with Crippen molar-refractivity contribution in [1.82, 2.24) is 19.6 Å². The summed E-state index contributed by atoms with van der Waals surface area (Å²) in [5.74, 6) is -1.34. The largest absolute Gasteiger partial charge is 0.480 e. The number of carbonyl (C=O) groups excluding carboxylic acids is 1. The van der Waals surface area contributed by atoms with Gasteiger partial charge in [0, 0.05) is 25.8 Å². The fraction of sp³-hybridized carbons (Fsp3) is 0.643. The van der Waals surface area contributed by atoms with Crippen LogP contribution in [0.2, 0.25) is 0 Å². The van der Waals surface area contributed by atoms with Crippen molar-refractivity contribution in [1.29, 1.82) is 0 Å². The molecule has 1 aliphatic heterocycles. The van der Waals surface area contributed by atoms with Gasteiger partial charge in [0.15, 0.2) is 5.69 Å². The van der Waals surface area contributed by atoms with E-state index in [0.717, 1.165) is 16.9 Å². The Labute approximate surface area is 141 Å². The minimum Gasteiger partial charge on any atom is -0.480 e. The molecule has 11 heteroatoms. The maximum absolute atomic E-state index is 12.5. The van der Waals surface area contributed by atoms with Gasteiger partial charge in [0.05, 0.1) is 19.3 Å². The molecule has 2 heterocycles. The van der Waals surface area contributed by atoms with E-state index in [9.17, 15) is 22.8 Å². The van der Waals surface area contributed by atoms with E-state index >= 15 is 0 Å². The molecule has 0 aromatic carbocycles. The lowest BCUT2D eigenvalue weighted by atomic mass is 10.2. The molecule has 0 bridgehead atoms. The van der Waals surface area contributed by atoms with Crippen molar-refractivity contribution in [2.75, 3.05) is 39.8 Å². The number of morpholine rings is 1. The number of rotatable bonds is 6. The molecule has 1 aromatic heterocycles. The van der Waals surface area contributed by atoms with Crippen molar-refractivity contribution >= 4 is 11.9 Å². The Hall–Kier alpha value is -2.14. The van der Waals surface area contributed by atoms with Crippen molar-refractivity contribution in [2.45, 2.75) is 18.8 Å². The Bertz CT molecular complexity index is 619. The molecule has 1 aliphatic rings. The van der Waals surface area contributed by atoms with E-state index < -0.39 is 17.8 Å². The van der Waals surface area contributed by atoms with Crippen LogP contribution < -0.4 is 0 Å². The monoisotopic (exact) mass is 364 g/mol. The number of aliphatic carboxylic acids is 1. The number of carbonyl (C=O) groups is 2. The van der Waals surface area contributed by atoms with Crippen LogP contribution in [0.4, 0.5) is 13.2 Å². The molecule has 1 N–H and O–H groups in total. The maximum Gasteiger partial charge on any atom is 0.435 e. The van der Waals surface area contributed by atoms with Crippen molar-refractivity contribution in [3.8, 4) is 0 Å². The van der Waals surface area contributed by atoms with Crippen LogP contribution in [-0.2, 0) is 27.0 Å². The first kappa shape index (κ1) is 19.2. The number of alkyl halides is 3. The molecule has 1 unspecified atom stereocenters. The number of carboxylic acid groups (broad SMARTS) is 1. The van der Waals surface area contributed by atoms with Crippen molar-refractivity contribution < 1.29 is 32.6 Å². The van der Waals surface area contributed by atoms with Gasteiger partial charge in [0.2, 0.25) is 5.91 Å². The molecule has 25 heavy (non-hydrogen) atoms. The summed E-state index contributed by atoms with van der Waals surface area (Å²) in [5, 5.41) is 12.1. The van der Waals surface area contributed by atoms with E-state index in [-0.39, 0.29) is 38.3 Å². The molecule has 1 amide bonds. The van der Waals surface area contributed by atoms with Gasteiger partial charge < -0.3 is 14.7 Å². The predicted molar refractivity (Wildman–Crippen MR) is 78.7 cm³/mol. The zero-order valence-corrected chi connectivity index (χ0v) is 13.6. The number of carboxylic acids is 1. The van der Waals surface area contributed by atoms with E-state index in [1.165, 1.54) is 4.90 Å². The average molecular weight is 364 g/mol. The number of aromatic nitrogens is 2. The van der Waals surface area contributed by atoms with Crippen LogP contribution in [0.25, 0.3) is 0 Å². The molecule has 140 valence electrons. The minimum absolute atomic E-state index is 0.151. The highest BCUT2D eigenvalue weighted by Crippen LogP contribution is 2.27. The molecule has 0 radical (unpaired) electrons. The van der Waals surface area contributed by atoms with E-state index in [4.69, 9.17) is 9.84 Å². The number of nitrogens with zero attached hydrogens (tertiary/aromatic N) is 4. The molecule has 0 saturated carbocycles. The van der Waals surface area contributed by atoms with Gasteiger partial charge in [-0.3, -0.25) is 19.2 Å². The third-order valence-electron chi connectivity index (χ3n) is 3.64. The third kappa shape index (κ3) is 5.71.